The highest BCUT2D eigenvalue weighted by atomic mass is 16.7. The smallest absolute Gasteiger partial charge is 0.249 e. The number of amides is 1. The summed E-state index contributed by atoms with van der Waals surface area (Å²) in [5.74, 6) is 0.800. The monoisotopic (exact) mass is 355 g/mol. The fourth-order valence-corrected chi connectivity index (χ4v) is 4.14. The Hall–Kier alpha value is -2.28. The van der Waals surface area contributed by atoms with Crippen LogP contribution in [0.2, 0.25) is 0 Å². The van der Waals surface area contributed by atoms with E-state index < -0.39 is 0 Å². The van der Waals surface area contributed by atoms with Crippen molar-refractivity contribution in [2.24, 2.45) is 18.9 Å². The molecule has 1 saturated heterocycles. The summed E-state index contributed by atoms with van der Waals surface area (Å²) in [6.07, 6.45) is 14.9. The van der Waals surface area contributed by atoms with Crippen LogP contribution in [0, 0.1) is 11.8 Å². The largest absolute Gasteiger partial charge is 0.276 e. The van der Waals surface area contributed by atoms with Crippen LogP contribution in [0.25, 0.3) is 0 Å². The number of hydrogen-bond donors (Lipinski definition) is 0. The highest BCUT2D eigenvalue weighted by Crippen LogP contribution is 2.36. The van der Waals surface area contributed by atoms with Gasteiger partial charge in [-0.3, -0.25) is 24.3 Å². The summed E-state index contributed by atoms with van der Waals surface area (Å²) in [7, 11) is 1.95. The van der Waals surface area contributed by atoms with Gasteiger partial charge >= 0.3 is 0 Å². The topological polar surface area (TPSA) is 73.1 Å². The van der Waals surface area contributed by atoms with Crippen molar-refractivity contribution in [3.63, 3.8) is 0 Å². The van der Waals surface area contributed by atoms with E-state index in [1.165, 1.54) is 5.56 Å². The Balaban J connectivity index is 1.34. The van der Waals surface area contributed by atoms with Gasteiger partial charge in [0.05, 0.1) is 24.7 Å². The highest BCUT2D eigenvalue weighted by molar-refractivity contribution is 5.78. The molecule has 4 rings (SSSR count). The summed E-state index contributed by atoms with van der Waals surface area (Å²) in [6.45, 7) is 0.559. The van der Waals surface area contributed by atoms with Gasteiger partial charge in [0.25, 0.3) is 0 Å². The third-order valence-corrected chi connectivity index (χ3v) is 5.53. The average molecular weight is 355 g/mol. The zero-order valence-corrected chi connectivity index (χ0v) is 15.1. The minimum Gasteiger partial charge on any atom is -0.276 e. The predicted octanol–water partition coefficient (Wildman–Crippen LogP) is 2.46. The lowest BCUT2D eigenvalue weighted by Gasteiger charge is -2.31. The molecule has 7 heteroatoms. The molecule has 2 aliphatic rings. The number of hydrogen-bond acceptors (Lipinski definition) is 5. The average Bonchev–Trinajstić information content (AvgIpc) is 3.32. The standard InChI is InChI=1S/C19H25N5O2/c1-23-13-15(11-22-23)10-14-2-4-16(5-3-14)19(25)24-18(6-9-26-24)17-12-20-7-8-21-17/h7-8,11-14,16,18H,2-6,9-10H2,1H3/t14?,16?,18-/m0/s1. The normalized spacial score (nSPS) is 26.2. The zero-order valence-electron chi connectivity index (χ0n) is 15.1. The molecule has 0 radical (unpaired) electrons. The highest BCUT2D eigenvalue weighted by Gasteiger charge is 2.37. The third-order valence-electron chi connectivity index (χ3n) is 5.53. The molecule has 7 nitrogen and oxygen atoms in total. The van der Waals surface area contributed by atoms with Crippen LogP contribution in [0.1, 0.15) is 49.4 Å². The van der Waals surface area contributed by atoms with Crippen LogP contribution >= 0.6 is 0 Å². The molecule has 2 aromatic rings. The molecule has 1 atom stereocenters. The van der Waals surface area contributed by atoms with Crippen molar-refractivity contribution in [1.29, 1.82) is 0 Å². The molecule has 2 aromatic heterocycles. The summed E-state index contributed by atoms with van der Waals surface area (Å²) in [4.78, 5) is 27.1. The summed E-state index contributed by atoms with van der Waals surface area (Å²) >= 11 is 0. The van der Waals surface area contributed by atoms with Crippen LogP contribution in [-0.2, 0) is 23.1 Å². The molecular formula is C19H25N5O2. The van der Waals surface area contributed by atoms with E-state index in [-0.39, 0.29) is 17.9 Å². The minimum absolute atomic E-state index is 0.0532. The van der Waals surface area contributed by atoms with Crippen LogP contribution in [0.5, 0.6) is 0 Å². The Labute approximate surface area is 153 Å². The van der Waals surface area contributed by atoms with E-state index in [9.17, 15) is 4.79 Å². The summed E-state index contributed by atoms with van der Waals surface area (Å²) in [5, 5.41) is 5.81. The van der Waals surface area contributed by atoms with Gasteiger partial charge in [0, 0.05) is 38.0 Å². The number of aromatic nitrogens is 4. The molecule has 0 bridgehead atoms. The maximum atomic E-state index is 13.0. The Morgan fingerprint density at radius 1 is 1.19 bits per heavy atom. The van der Waals surface area contributed by atoms with Crippen molar-refractivity contribution in [1.82, 2.24) is 24.8 Å². The Bertz CT molecular complexity index is 739. The Morgan fingerprint density at radius 2 is 2.04 bits per heavy atom. The number of hydroxylamine groups is 2. The second-order valence-corrected chi connectivity index (χ2v) is 7.38. The molecule has 1 aliphatic carbocycles. The summed E-state index contributed by atoms with van der Waals surface area (Å²) in [5.41, 5.74) is 2.09. The molecule has 0 unspecified atom stereocenters. The summed E-state index contributed by atoms with van der Waals surface area (Å²) < 4.78 is 1.85. The van der Waals surface area contributed by atoms with Gasteiger partial charge < -0.3 is 0 Å². The van der Waals surface area contributed by atoms with Gasteiger partial charge in [0.1, 0.15) is 6.04 Å². The minimum atomic E-state index is -0.107. The van der Waals surface area contributed by atoms with Crippen LogP contribution in [-0.4, -0.2) is 37.3 Å². The quantitative estimate of drug-likeness (QED) is 0.842. The molecule has 1 saturated carbocycles. The Kier molecular flexibility index (Phi) is 4.97. The van der Waals surface area contributed by atoms with Gasteiger partial charge in [-0.25, -0.2) is 5.06 Å². The van der Waals surface area contributed by atoms with Gasteiger partial charge in [-0.2, -0.15) is 5.10 Å². The maximum absolute atomic E-state index is 13.0. The van der Waals surface area contributed by atoms with Gasteiger partial charge in [-0.05, 0) is 43.6 Å². The summed E-state index contributed by atoms with van der Waals surface area (Å²) in [6, 6.07) is -0.107. The first kappa shape index (κ1) is 17.1. The molecule has 1 amide bonds. The van der Waals surface area contributed by atoms with Crippen molar-refractivity contribution >= 4 is 5.91 Å². The molecule has 138 valence electrons. The molecule has 0 N–H and O–H groups in total. The number of rotatable bonds is 4. The maximum Gasteiger partial charge on any atom is 0.249 e. The third kappa shape index (κ3) is 3.62. The van der Waals surface area contributed by atoms with Crippen molar-refractivity contribution in [2.75, 3.05) is 6.61 Å². The fourth-order valence-electron chi connectivity index (χ4n) is 4.14. The zero-order chi connectivity index (χ0) is 17.9. The SMILES string of the molecule is Cn1cc(CC2CCC(C(=O)N3OCC[C@H]3c3cnccn3)CC2)cn1. The lowest BCUT2D eigenvalue weighted by atomic mass is 9.79. The van der Waals surface area contributed by atoms with Gasteiger partial charge in [-0.1, -0.05) is 0 Å². The first-order chi connectivity index (χ1) is 12.7. The van der Waals surface area contributed by atoms with E-state index in [2.05, 4.69) is 21.3 Å². The predicted molar refractivity (Wildman–Crippen MR) is 94.5 cm³/mol. The first-order valence-corrected chi connectivity index (χ1v) is 9.40. The number of aryl methyl sites for hydroxylation is 1. The Morgan fingerprint density at radius 3 is 2.73 bits per heavy atom. The lowest BCUT2D eigenvalue weighted by molar-refractivity contribution is -0.183. The van der Waals surface area contributed by atoms with Crippen molar-refractivity contribution in [3.8, 4) is 0 Å². The van der Waals surface area contributed by atoms with Crippen molar-refractivity contribution in [3.05, 3.63) is 42.2 Å². The molecule has 3 heterocycles. The molecule has 0 aromatic carbocycles. The van der Waals surface area contributed by atoms with E-state index >= 15 is 0 Å². The number of carbonyl (C=O) groups excluding carboxylic acids is 1. The van der Waals surface area contributed by atoms with Crippen LogP contribution in [0.15, 0.2) is 31.0 Å². The van der Waals surface area contributed by atoms with E-state index in [0.29, 0.717) is 12.5 Å². The number of nitrogens with zero attached hydrogens (tertiary/aromatic N) is 5. The molecular weight excluding hydrogens is 330 g/mol. The van der Waals surface area contributed by atoms with Crippen molar-refractivity contribution < 1.29 is 9.63 Å². The van der Waals surface area contributed by atoms with Crippen molar-refractivity contribution in [2.45, 2.75) is 44.6 Å². The van der Waals surface area contributed by atoms with Gasteiger partial charge in [-0.15, -0.1) is 0 Å². The van der Waals surface area contributed by atoms with Crippen LogP contribution in [0.4, 0.5) is 0 Å². The van der Waals surface area contributed by atoms with Gasteiger partial charge in [0.2, 0.25) is 5.91 Å². The second-order valence-electron chi connectivity index (χ2n) is 7.38. The van der Waals surface area contributed by atoms with E-state index in [1.54, 1.807) is 23.7 Å². The van der Waals surface area contributed by atoms with E-state index in [4.69, 9.17) is 4.84 Å². The van der Waals surface area contributed by atoms with E-state index in [1.807, 2.05) is 17.9 Å². The molecule has 2 fully saturated rings. The second kappa shape index (κ2) is 7.53. The first-order valence-electron chi connectivity index (χ1n) is 9.40. The van der Waals surface area contributed by atoms with Crippen LogP contribution < -0.4 is 0 Å². The number of carbonyl (C=O) groups is 1. The van der Waals surface area contributed by atoms with Gasteiger partial charge in [0.15, 0.2) is 0 Å². The molecule has 1 aliphatic heterocycles. The van der Waals surface area contributed by atoms with Crippen LogP contribution in [0.3, 0.4) is 0 Å². The van der Waals surface area contributed by atoms with E-state index in [0.717, 1.165) is 44.2 Å². The fraction of sp³-hybridized carbons (Fsp3) is 0.579. The molecule has 0 spiro atoms. The lowest BCUT2D eigenvalue weighted by Crippen LogP contribution is -2.37. The molecule has 26 heavy (non-hydrogen) atoms.